The zero-order chi connectivity index (χ0) is 14.9. The van der Waals surface area contributed by atoms with E-state index in [1.54, 1.807) is 11.8 Å². The number of hydrogen-bond acceptors (Lipinski definition) is 3. The smallest absolute Gasteiger partial charge is 0.207 e. The summed E-state index contributed by atoms with van der Waals surface area (Å²) in [6.07, 6.45) is 0. The average molecular weight is 403 g/mol. The second-order valence-electron chi connectivity index (χ2n) is 4.55. The summed E-state index contributed by atoms with van der Waals surface area (Å²) < 4.78 is 41.5. The molecule has 8 heteroatoms. The first-order valence-corrected chi connectivity index (χ1v) is 9.93. The number of sulfonamides is 1. The molecule has 2 rings (SSSR count). The summed E-state index contributed by atoms with van der Waals surface area (Å²) in [4.78, 5) is -0.304. The van der Waals surface area contributed by atoms with E-state index < -0.39 is 15.8 Å². The molecule has 1 aromatic rings. The standard InChI is InChI=1S/C12H14BrClFNO2S2/c1-8-7-19-3-2-16(8)20(17,18)11-5-10(13)4-9(6-14)12(11)15/h4-5,8H,2-3,6-7H2,1H3. The van der Waals surface area contributed by atoms with Crippen LogP contribution in [0.5, 0.6) is 0 Å². The third kappa shape index (κ3) is 3.16. The Bertz CT molecular complexity index is 612. The zero-order valence-electron chi connectivity index (χ0n) is 10.8. The molecule has 1 aliphatic rings. The molecule has 0 amide bonds. The van der Waals surface area contributed by atoms with Crippen molar-refractivity contribution in [1.29, 1.82) is 0 Å². The van der Waals surface area contributed by atoms with Crippen molar-refractivity contribution in [3.63, 3.8) is 0 Å². The Morgan fingerprint density at radius 3 is 2.85 bits per heavy atom. The average Bonchev–Trinajstić information content (AvgIpc) is 2.41. The van der Waals surface area contributed by atoms with Crippen molar-refractivity contribution in [3.8, 4) is 0 Å². The van der Waals surface area contributed by atoms with Crippen LogP contribution in [-0.4, -0.2) is 36.8 Å². The predicted molar refractivity (Wildman–Crippen MR) is 84.3 cm³/mol. The van der Waals surface area contributed by atoms with Crippen molar-refractivity contribution >= 4 is 49.3 Å². The minimum atomic E-state index is -3.84. The van der Waals surface area contributed by atoms with Crippen LogP contribution in [0.3, 0.4) is 0 Å². The van der Waals surface area contributed by atoms with Gasteiger partial charge in [0.25, 0.3) is 0 Å². The number of hydrogen-bond donors (Lipinski definition) is 0. The molecule has 1 aliphatic heterocycles. The topological polar surface area (TPSA) is 37.4 Å². The van der Waals surface area contributed by atoms with Gasteiger partial charge < -0.3 is 0 Å². The molecule has 0 aliphatic carbocycles. The van der Waals surface area contributed by atoms with Crippen LogP contribution in [0, 0.1) is 5.82 Å². The van der Waals surface area contributed by atoms with Gasteiger partial charge in [0, 0.05) is 34.1 Å². The van der Waals surface area contributed by atoms with Crippen molar-refractivity contribution in [3.05, 3.63) is 28.0 Å². The fourth-order valence-electron chi connectivity index (χ4n) is 2.10. The van der Waals surface area contributed by atoms with Crippen molar-refractivity contribution in [2.75, 3.05) is 18.1 Å². The van der Waals surface area contributed by atoms with E-state index in [1.165, 1.54) is 16.4 Å². The first kappa shape index (κ1) is 16.5. The van der Waals surface area contributed by atoms with Gasteiger partial charge in [0.15, 0.2) is 0 Å². The lowest BCUT2D eigenvalue weighted by Gasteiger charge is -2.32. The van der Waals surface area contributed by atoms with Gasteiger partial charge in [-0.1, -0.05) is 15.9 Å². The third-order valence-electron chi connectivity index (χ3n) is 3.12. The molecule has 1 fully saturated rings. The van der Waals surface area contributed by atoms with Crippen LogP contribution < -0.4 is 0 Å². The van der Waals surface area contributed by atoms with E-state index in [0.717, 1.165) is 11.5 Å². The van der Waals surface area contributed by atoms with Crippen molar-refractivity contribution in [2.45, 2.75) is 23.7 Å². The Labute approximate surface area is 136 Å². The number of halogens is 3. The molecule has 1 saturated heterocycles. The van der Waals surface area contributed by atoms with E-state index in [9.17, 15) is 12.8 Å². The van der Waals surface area contributed by atoms with E-state index >= 15 is 0 Å². The molecular formula is C12H14BrClFNO2S2. The number of benzene rings is 1. The number of alkyl halides is 1. The molecule has 0 N–H and O–H groups in total. The molecule has 0 saturated carbocycles. The summed E-state index contributed by atoms with van der Waals surface area (Å²) in [7, 11) is -3.84. The molecule has 20 heavy (non-hydrogen) atoms. The van der Waals surface area contributed by atoms with Gasteiger partial charge in [-0.05, 0) is 19.1 Å². The molecule has 1 atom stereocenters. The molecule has 112 valence electrons. The number of nitrogens with zero attached hydrogens (tertiary/aromatic N) is 1. The lowest BCUT2D eigenvalue weighted by Crippen LogP contribution is -2.44. The van der Waals surface area contributed by atoms with Crippen LogP contribution >= 0.6 is 39.3 Å². The molecule has 1 aromatic carbocycles. The number of rotatable bonds is 3. The highest BCUT2D eigenvalue weighted by Crippen LogP contribution is 2.30. The van der Waals surface area contributed by atoms with Gasteiger partial charge in [0.05, 0.1) is 5.88 Å². The maximum absolute atomic E-state index is 14.3. The Balaban J connectivity index is 2.51. The van der Waals surface area contributed by atoms with E-state index in [-0.39, 0.29) is 22.4 Å². The van der Waals surface area contributed by atoms with E-state index in [1.807, 2.05) is 6.92 Å². The SMILES string of the molecule is CC1CSCCN1S(=O)(=O)c1cc(Br)cc(CCl)c1F. The summed E-state index contributed by atoms with van der Waals surface area (Å²) in [5, 5.41) is 0. The molecule has 1 unspecified atom stereocenters. The van der Waals surface area contributed by atoms with Crippen LogP contribution in [0.15, 0.2) is 21.5 Å². The fourth-order valence-corrected chi connectivity index (χ4v) is 5.94. The highest BCUT2D eigenvalue weighted by molar-refractivity contribution is 9.10. The van der Waals surface area contributed by atoms with Gasteiger partial charge in [-0.2, -0.15) is 16.1 Å². The van der Waals surface area contributed by atoms with Crippen LogP contribution in [0.4, 0.5) is 4.39 Å². The molecule has 3 nitrogen and oxygen atoms in total. The quantitative estimate of drug-likeness (QED) is 0.727. The second-order valence-corrected chi connectivity index (χ2v) is 8.74. The molecule has 0 bridgehead atoms. The minimum Gasteiger partial charge on any atom is -0.207 e. The summed E-state index contributed by atoms with van der Waals surface area (Å²) in [6, 6.07) is 2.66. The van der Waals surface area contributed by atoms with E-state index in [4.69, 9.17) is 11.6 Å². The summed E-state index contributed by atoms with van der Waals surface area (Å²) in [6.45, 7) is 2.23. The van der Waals surface area contributed by atoms with E-state index in [2.05, 4.69) is 15.9 Å². The summed E-state index contributed by atoms with van der Waals surface area (Å²) in [5.41, 5.74) is 0.179. The van der Waals surface area contributed by atoms with Gasteiger partial charge in [-0.15, -0.1) is 11.6 Å². The summed E-state index contributed by atoms with van der Waals surface area (Å²) in [5.74, 6) is 0.617. The van der Waals surface area contributed by atoms with Crippen LogP contribution in [0.2, 0.25) is 0 Å². The maximum atomic E-state index is 14.3. The molecule has 0 aromatic heterocycles. The number of thioether (sulfide) groups is 1. The Morgan fingerprint density at radius 2 is 2.25 bits per heavy atom. The molecule has 1 heterocycles. The molecular weight excluding hydrogens is 389 g/mol. The Hall–Kier alpha value is 0.180. The monoisotopic (exact) mass is 401 g/mol. The lowest BCUT2D eigenvalue weighted by molar-refractivity contribution is 0.365. The Morgan fingerprint density at radius 1 is 1.55 bits per heavy atom. The normalized spacial score (nSPS) is 21.1. The summed E-state index contributed by atoms with van der Waals surface area (Å²) >= 11 is 10.6. The second kappa shape index (κ2) is 6.52. The van der Waals surface area contributed by atoms with Gasteiger partial charge in [0.2, 0.25) is 10.0 Å². The molecule has 0 spiro atoms. The zero-order valence-corrected chi connectivity index (χ0v) is 14.7. The van der Waals surface area contributed by atoms with Crippen molar-refractivity contribution in [2.24, 2.45) is 0 Å². The minimum absolute atomic E-state index is 0.0702. The van der Waals surface area contributed by atoms with Crippen LogP contribution in [0.25, 0.3) is 0 Å². The van der Waals surface area contributed by atoms with Crippen LogP contribution in [0.1, 0.15) is 12.5 Å². The lowest BCUT2D eigenvalue weighted by atomic mass is 10.2. The first-order chi connectivity index (χ1) is 9.37. The van der Waals surface area contributed by atoms with Gasteiger partial charge >= 0.3 is 0 Å². The van der Waals surface area contributed by atoms with Crippen LogP contribution in [-0.2, 0) is 15.9 Å². The Kier molecular flexibility index (Phi) is 5.40. The predicted octanol–water partition coefficient (Wildman–Crippen LogP) is 3.45. The highest BCUT2D eigenvalue weighted by atomic mass is 79.9. The van der Waals surface area contributed by atoms with E-state index in [0.29, 0.717) is 11.0 Å². The maximum Gasteiger partial charge on any atom is 0.246 e. The first-order valence-electron chi connectivity index (χ1n) is 6.01. The van der Waals surface area contributed by atoms with Crippen molar-refractivity contribution < 1.29 is 12.8 Å². The largest absolute Gasteiger partial charge is 0.246 e. The van der Waals surface area contributed by atoms with Crippen molar-refractivity contribution in [1.82, 2.24) is 4.31 Å². The van der Waals surface area contributed by atoms with Gasteiger partial charge in [0.1, 0.15) is 10.7 Å². The van der Waals surface area contributed by atoms with Gasteiger partial charge in [-0.3, -0.25) is 0 Å². The highest BCUT2D eigenvalue weighted by Gasteiger charge is 2.34. The fraction of sp³-hybridized carbons (Fsp3) is 0.500. The third-order valence-corrected chi connectivity index (χ3v) is 7.06. The van der Waals surface area contributed by atoms with Gasteiger partial charge in [-0.25, -0.2) is 12.8 Å². The molecule has 0 radical (unpaired) electrons.